The highest BCUT2D eigenvalue weighted by atomic mass is 32.2. The Kier molecular flexibility index (Phi) is 6.38. The van der Waals surface area contributed by atoms with Crippen molar-refractivity contribution in [2.45, 2.75) is 10.7 Å². The van der Waals surface area contributed by atoms with Crippen LogP contribution in [0.25, 0.3) is 0 Å². The summed E-state index contributed by atoms with van der Waals surface area (Å²) < 4.78 is 51.7. The van der Waals surface area contributed by atoms with Gasteiger partial charge in [0.05, 0.1) is 11.5 Å². The summed E-state index contributed by atoms with van der Waals surface area (Å²) in [5.74, 6) is -5.24. The van der Waals surface area contributed by atoms with Crippen LogP contribution in [0.3, 0.4) is 0 Å². The number of halogens is 2. The number of carbonyl (C=O) groups excluding carboxylic acids is 1. The fourth-order valence-corrected chi connectivity index (χ4v) is 2.12. The van der Waals surface area contributed by atoms with E-state index in [2.05, 4.69) is 5.32 Å². The fourth-order valence-electron chi connectivity index (χ4n) is 1.40. The average molecular weight is 337 g/mol. The van der Waals surface area contributed by atoms with Crippen molar-refractivity contribution >= 4 is 21.7 Å². The molecule has 0 aliphatic heterocycles. The molecule has 122 valence electrons. The number of alkyl halides is 2. The van der Waals surface area contributed by atoms with Crippen molar-refractivity contribution in [3.8, 4) is 0 Å². The second-order valence-electron chi connectivity index (χ2n) is 4.03. The van der Waals surface area contributed by atoms with Crippen molar-refractivity contribution in [3.63, 3.8) is 0 Å². The summed E-state index contributed by atoms with van der Waals surface area (Å²) in [7, 11) is -4.69. The molecule has 0 atom stereocenters. The minimum absolute atomic E-state index is 0.0180. The van der Waals surface area contributed by atoms with Gasteiger partial charge in [0, 0.05) is 12.1 Å². The van der Waals surface area contributed by atoms with E-state index in [1.54, 1.807) is 0 Å². The number of sulfone groups is 1. The zero-order chi connectivity index (χ0) is 16.8. The minimum Gasteiger partial charge on any atom is -0.480 e. The second-order valence-corrected chi connectivity index (χ2v) is 5.95. The van der Waals surface area contributed by atoms with Crippen LogP contribution >= 0.6 is 0 Å². The number of aliphatic carboxylic acids is 1. The van der Waals surface area contributed by atoms with Crippen LogP contribution in [0.4, 0.5) is 8.78 Å². The third-order valence-corrected chi connectivity index (χ3v) is 3.84. The molecule has 0 unspecified atom stereocenters. The van der Waals surface area contributed by atoms with E-state index in [9.17, 15) is 26.8 Å². The summed E-state index contributed by atoms with van der Waals surface area (Å²) >= 11 is 0. The van der Waals surface area contributed by atoms with E-state index in [0.717, 1.165) is 24.3 Å². The highest BCUT2D eigenvalue weighted by Crippen LogP contribution is 2.18. The first-order valence-corrected chi connectivity index (χ1v) is 7.49. The molecule has 0 spiro atoms. The molecule has 1 aromatic rings. The predicted molar refractivity (Wildman–Crippen MR) is 70.4 cm³/mol. The van der Waals surface area contributed by atoms with Gasteiger partial charge in [-0.2, -0.15) is 8.78 Å². The molecule has 0 bridgehead atoms. The maximum Gasteiger partial charge on any atom is 0.341 e. The second kappa shape index (κ2) is 7.80. The van der Waals surface area contributed by atoms with E-state index >= 15 is 0 Å². The van der Waals surface area contributed by atoms with Gasteiger partial charge in [-0.25, -0.2) is 13.2 Å². The number of carboxylic acid groups (broad SMARTS) is 1. The Balaban J connectivity index is 2.56. The van der Waals surface area contributed by atoms with Crippen LogP contribution in [0.5, 0.6) is 0 Å². The Bertz CT molecular complexity index is 630. The van der Waals surface area contributed by atoms with Gasteiger partial charge in [-0.1, -0.05) is 0 Å². The number of hydrogen-bond donors (Lipinski definition) is 2. The van der Waals surface area contributed by atoms with Crippen LogP contribution in [0.1, 0.15) is 10.4 Å². The Morgan fingerprint density at radius 1 is 1.23 bits per heavy atom. The zero-order valence-electron chi connectivity index (χ0n) is 11.2. The quantitative estimate of drug-likeness (QED) is 0.669. The highest BCUT2D eigenvalue weighted by Gasteiger charge is 2.26. The molecule has 1 amide bonds. The van der Waals surface area contributed by atoms with E-state index < -0.39 is 39.0 Å². The zero-order valence-corrected chi connectivity index (χ0v) is 12.0. The molecule has 0 aliphatic rings. The third-order valence-electron chi connectivity index (χ3n) is 2.44. The number of carbonyl (C=O) groups is 2. The number of rotatable bonds is 8. The van der Waals surface area contributed by atoms with Crippen molar-refractivity contribution in [2.75, 3.05) is 19.8 Å². The van der Waals surface area contributed by atoms with Gasteiger partial charge in [0.2, 0.25) is 9.84 Å². The molecule has 0 radical (unpaired) electrons. The van der Waals surface area contributed by atoms with Gasteiger partial charge in [-0.3, -0.25) is 4.79 Å². The smallest absolute Gasteiger partial charge is 0.341 e. The molecular formula is C12H13F2NO6S. The van der Waals surface area contributed by atoms with Crippen LogP contribution in [0.2, 0.25) is 0 Å². The summed E-state index contributed by atoms with van der Waals surface area (Å²) in [6, 6.07) is 4.03. The van der Waals surface area contributed by atoms with Gasteiger partial charge < -0.3 is 15.2 Å². The Morgan fingerprint density at radius 3 is 2.32 bits per heavy atom. The van der Waals surface area contributed by atoms with Crippen LogP contribution < -0.4 is 5.32 Å². The Morgan fingerprint density at radius 2 is 1.82 bits per heavy atom. The number of amides is 1. The standard InChI is InChI=1S/C12H13F2NO6S/c13-12(14)22(19,20)9-3-1-8(2-4-9)11(18)15-5-6-21-7-10(16)17/h1-4,12H,5-7H2,(H,15,18)(H,16,17). The summed E-state index contributed by atoms with van der Waals surface area (Å²) in [6.45, 7) is -0.463. The van der Waals surface area contributed by atoms with Crippen LogP contribution in [-0.2, 0) is 19.4 Å². The lowest BCUT2D eigenvalue weighted by atomic mass is 10.2. The predicted octanol–water partition coefficient (Wildman–Crippen LogP) is 0.514. The molecule has 0 saturated heterocycles. The van der Waals surface area contributed by atoms with Crippen molar-refractivity contribution in [1.82, 2.24) is 5.32 Å². The highest BCUT2D eigenvalue weighted by molar-refractivity contribution is 7.91. The molecule has 0 heterocycles. The topological polar surface area (TPSA) is 110 Å². The fraction of sp³-hybridized carbons (Fsp3) is 0.333. The number of benzene rings is 1. The van der Waals surface area contributed by atoms with Crippen molar-refractivity contribution in [1.29, 1.82) is 0 Å². The first-order chi connectivity index (χ1) is 10.2. The normalized spacial score (nSPS) is 11.4. The van der Waals surface area contributed by atoms with Gasteiger partial charge in [-0.05, 0) is 24.3 Å². The van der Waals surface area contributed by atoms with Gasteiger partial charge in [0.15, 0.2) is 0 Å². The van der Waals surface area contributed by atoms with Crippen molar-refractivity contribution < 1.29 is 36.6 Å². The number of carboxylic acids is 1. The molecular weight excluding hydrogens is 324 g/mol. The van der Waals surface area contributed by atoms with E-state index in [-0.39, 0.29) is 18.7 Å². The summed E-state index contributed by atoms with van der Waals surface area (Å²) in [6.07, 6.45) is 0. The lowest BCUT2D eigenvalue weighted by Gasteiger charge is -2.07. The van der Waals surface area contributed by atoms with Gasteiger partial charge >= 0.3 is 11.7 Å². The van der Waals surface area contributed by atoms with Crippen LogP contribution in [0.15, 0.2) is 29.2 Å². The van der Waals surface area contributed by atoms with E-state index in [4.69, 9.17) is 9.84 Å². The van der Waals surface area contributed by atoms with Crippen LogP contribution in [0, 0.1) is 0 Å². The Hall–Kier alpha value is -2.07. The lowest BCUT2D eigenvalue weighted by molar-refractivity contribution is -0.142. The summed E-state index contributed by atoms with van der Waals surface area (Å²) in [5.41, 5.74) is 0.0754. The van der Waals surface area contributed by atoms with Gasteiger partial charge in [-0.15, -0.1) is 0 Å². The van der Waals surface area contributed by atoms with E-state index in [1.807, 2.05) is 0 Å². The molecule has 0 saturated carbocycles. The maximum absolute atomic E-state index is 12.3. The number of nitrogens with one attached hydrogen (secondary N) is 1. The van der Waals surface area contributed by atoms with Crippen molar-refractivity contribution in [2.24, 2.45) is 0 Å². The molecule has 7 nitrogen and oxygen atoms in total. The number of hydrogen-bond acceptors (Lipinski definition) is 5. The average Bonchev–Trinajstić information content (AvgIpc) is 2.46. The molecule has 1 rings (SSSR count). The molecule has 0 fully saturated rings. The van der Waals surface area contributed by atoms with Gasteiger partial charge in [0.1, 0.15) is 6.61 Å². The molecule has 10 heteroatoms. The number of ether oxygens (including phenoxy) is 1. The monoisotopic (exact) mass is 337 g/mol. The largest absolute Gasteiger partial charge is 0.480 e. The first kappa shape index (κ1) is 18.0. The van der Waals surface area contributed by atoms with E-state index in [1.165, 1.54) is 0 Å². The molecule has 2 N–H and O–H groups in total. The summed E-state index contributed by atoms with van der Waals surface area (Å²) in [4.78, 5) is 21.2. The van der Waals surface area contributed by atoms with Crippen molar-refractivity contribution in [3.05, 3.63) is 29.8 Å². The SMILES string of the molecule is O=C(O)COCCNC(=O)c1ccc(S(=O)(=O)C(F)F)cc1. The van der Waals surface area contributed by atoms with Gasteiger partial charge in [0.25, 0.3) is 5.91 Å². The van der Waals surface area contributed by atoms with Crippen LogP contribution in [-0.4, -0.2) is 50.9 Å². The minimum atomic E-state index is -4.69. The van der Waals surface area contributed by atoms with E-state index in [0.29, 0.717) is 0 Å². The third kappa shape index (κ3) is 5.04. The lowest BCUT2D eigenvalue weighted by Crippen LogP contribution is -2.28. The molecule has 0 aliphatic carbocycles. The maximum atomic E-state index is 12.3. The first-order valence-electron chi connectivity index (χ1n) is 5.95. The Labute approximate surface area is 124 Å². The summed E-state index contributed by atoms with van der Waals surface area (Å²) in [5, 5.41) is 10.7. The molecule has 1 aromatic carbocycles. The molecule has 22 heavy (non-hydrogen) atoms. The molecule has 0 aromatic heterocycles.